The minimum absolute atomic E-state index is 0. The first-order valence-electron chi connectivity index (χ1n) is 4.78. The van der Waals surface area contributed by atoms with E-state index in [2.05, 4.69) is 59.1 Å². The van der Waals surface area contributed by atoms with Crippen LogP contribution in [0.5, 0.6) is 0 Å². The number of nitrogens with zero attached hydrogens (tertiary/aromatic N) is 1. The Balaban J connectivity index is 0.00000196. The molecule has 0 fully saturated rings. The van der Waals surface area contributed by atoms with E-state index >= 15 is 0 Å². The van der Waals surface area contributed by atoms with Crippen LogP contribution in [0.25, 0.3) is 0 Å². The van der Waals surface area contributed by atoms with Crippen LogP contribution in [0.3, 0.4) is 0 Å². The third-order valence-electron chi connectivity index (χ3n) is 2.44. The van der Waals surface area contributed by atoms with Gasteiger partial charge in [0.25, 0.3) is 0 Å². The summed E-state index contributed by atoms with van der Waals surface area (Å²) >= 11 is 3.42. The largest absolute Gasteiger partial charge is 0.329 e. The molecule has 0 saturated heterocycles. The van der Waals surface area contributed by atoms with Crippen molar-refractivity contribution < 1.29 is 0 Å². The molecule has 0 aliphatic rings. The zero-order chi connectivity index (χ0) is 10.6. The fraction of sp³-hybridized carbons (Fsp3) is 0.455. The van der Waals surface area contributed by atoms with Gasteiger partial charge in [0.05, 0.1) is 0 Å². The summed E-state index contributed by atoms with van der Waals surface area (Å²) in [5, 5.41) is 0. The highest BCUT2D eigenvalue weighted by atomic mass is 79.9. The van der Waals surface area contributed by atoms with E-state index in [1.807, 2.05) is 0 Å². The lowest BCUT2D eigenvalue weighted by atomic mass is 10.2. The summed E-state index contributed by atoms with van der Waals surface area (Å²) in [7, 11) is 2.10. The number of halogens is 2. The van der Waals surface area contributed by atoms with Gasteiger partial charge in [0.2, 0.25) is 0 Å². The average Bonchev–Trinajstić information content (AvgIpc) is 2.20. The molecule has 2 N–H and O–H groups in total. The molecule has 1 unspecified atom stereocenters. The Hall–Kier alpha value is -0.0900. The number of hydrogen-bond acceptors (Lipinski definition) is 2. The molecule has 1 aromatic rings. The van der Waals surface area contributed by atoms with E-state index in [4.69, 9.17) is 5.73 Å². The van der Waals surface area contributed by atoms with E-state index in [1.54, 1.807) is 0 Å². The van der Waals surface area contributed by atoms with E-state index in [9.17, 15) is 0 Å². The summed E-state index contributed by atoms with van der Waals surface area (Å²) in [5.41, 5.74) is 6.92. The summed E-state index contributed by atoms with van der Waals surface area (Å²) in [6.07, 6.45) is 0. The molecular formula is C11H18BrClN2. The maximum atomic E-state index is 5.60. The third kappa shape index (κ3) is 4.98. The molecule has 0 aliphatic heterocycles. The molecule has 0 radical (unpaired) electrons. The molecule has 2 nitrogen and oxygen atoms in total. The van der Waals surface area contributed by atoms with Gasteiger partial charge in [-0.1, -0.05) is 28.1 Å². The monoisotopic (exact) mass is 292 g/mol. The van der Waals surface area contributed by atoms with Gasteiger partial charge in [0.15, 0.2) is 0 Å². The lowest BCUT2D eigenvalue weighted by molar-refractivity contribution is 0.255. The topological polar surface area (TPSA) is 29.3 Å². The van der Waals surface area contributed by atoms with Gasteiger partial charge in [-0.25, -0.2) is 0 Å². The predicted molar refractivity (Wildman–Crippen MR) is 71.4 cm³/mol. The molecule has 15 heavy (non-hydrogen) atoms. The minimum atomic E-state index is 0. The van der Waals surface area contributed by atoms with E-state index in [0.717, 1.165) is 11.0 Å². The van der Waals surface area contributed by atoms with Crippen LogP contribution < -0.4 is 5.73 Å². The van der Waals surface area contributed by atoms with Gasteiger partial charge in [0.1, 0.15) is 0 Å². The van der Waals surface area contributed by atoms with E-state index in [-0.39, 0.29) is 12.4 Å². The van der Waals surface area contributed by atoms with Gasteiger partial charge in [-0.15, -0.1) is 12.4 Å². The Bertz CT molecular complexity index is 276. The quantitative estimate of drug-likeness (QED) is 0.925. The van der Waals surface area contributed by atoms with Crippen molar-refractivity contribution in [1.82, 2.24) is 4.90 Å². The Morgan fingerprint density at radius 2 is 1.87 bits per heavy atom. The molecule has 0 heterocycles. The third-order valence-corrected chi connectivity index (χ3v) is 2.97. The second-order valence-corrected chi connectivity index (χ2v) is 4.54. The van der Waals surface area contributed by atoms with Gasteiger partial charge in [-0.2, -0.15) is 0 Å². The highest BCUT2D eigenvalue weighted by Crippen LogP contribution is 2.12. The van der Waals surface area contributed by atoms with E-state index < -0.39 is 0 Å². The molecule has 1 rings (SSSR count). The maximum Gasteiger partial charge on any atom is 0.0234 e. The zero-order valence-corrected chi connectivity index (χ0v) is 11.5. The van der Waals surface area contributed by atoms with Crippen LogP contribution in [0.4, 0.5) is 0 Å². The van der Waals surface area contributed by atoms with Gasteiger partial charge in [-0.05, 0) is 31.7 Å². The van der Waals surface area contributed by atoms with Crippen LogP contribution in [0.1, 0.15) is 12.5 Å². The van der Waals surface area contributed by atoms with Gasteiger partial charge >= 0.3 is 0 Å². The summed E-state index contributed by atoms with van der Waals surface area (Å²) in [5.74, 6) is 0. The normalized spacial score (nSPS) is 12.3. The Morgan fingerprint density at radius 3 is 2.33 bits per heavy atom. The van der Waals surface area contributed by atoms with Crippen LogP contribution in [0.15, 0.2) is 28.7 Å². The van der Waals surface area contributed by atoms with Crippen LogP contribution >= 0.6 is 28.3 Å². The molecule has 1 atom stereocenters. The van der Waals surface area contributed by atoms with Crippen LogP contribution in [-0.4, -0.2) is 24.5 Å². The fourth-order valence-electron chi connectivity index (χ4n) is 1.21. The minimum Gasteiger partial charge on any atom is -0.329 e. The molecule has 0 spiro atoms. The standard InChI is InChI=1S/C11H17BrN2.ClH/c1-9(7-13)14(2)8-10-3-5-11(12)6-4-10;/h3-6,9H,7-8,13H2,1-2H3;1H. The number of hydrogen-bond donors (Lipinski definition) is 1. The Morgan fingerprint density at radius 1 is 1.33 bits per heavy atom. The number of likely N-dealkylation sites (N-methyl/N-ethyl adjacent to an activating group) is 1. The molecule has 86 valence electrons. The van der Waals surface area contributed by atoms with Gasteiger partial charge in [-0.3, -0.25) is 4.90 Å². The Kier molecular flexibility index (Phi) is 7.18. The second kappa shape index (κ2) is 7.23. The lowest BCUT2D eigenvalue weighted by Crippen LogP contribution is -2.34. The van der Waals surface area contributed by atoms with Crippen molar-refractivity contribution >= 4 is 28.3 Å². The highest BCUT2D eigenvalue weighted by Gasteiger charge is 2.06. The fourth-order valence-corrected chi connectivity index (χ4v) is 1.48. The van der Waals surface area contributed by atoms with Crippen molar-refractivity contribution in [2.45, 2.75) is 19.5 Å². The van der Waals surface area contributed by atoms with Crippen LogP contribution in [0.2, 0.25) is 0 Å². The Labute approximate surface area is 106 Å². The molecule has 0 saturated carbocycles. The van der Waals surface area contributed by atoms with Crippen molar-refractivity contribution in [2.75, 3.05) is 13.6 Å². The van der Waals surface area contributed by atoms with E-state index in [0.29, 0.717) is 12.6 Å². The predicted octanol–water partition coefficient (Wildman–Crippen LogP) is 2.65. The molecule has 1 aromatic carbocycles. The van der Waals surface area contributed by atoms with Crippen LogP contribution in [-0.2, 0) is 6.54 Å². The highest BCUT2D eigenvalue weighted by molar-refractivity contribution is 9.10. The summed E-state index contributed by atoms with van der Waals surface area (Å²) in [6.45, 7) is 3.79. The van der Waals surface area contributed by atoms with E-state index in [1.165, 1.54) is 5.56 Å². The molecular weight excluding hydrogens is 275 g/mol. The maximum absolute atomic E-state index is 5.60. The SMILES string of the molecule is CC(CN)N(C)Cc1ccc(Br)cc1.Cl. The smallest absolute Gasteiger partial charge is 0.0234 e. The first kappa shape index (κ1) is 14.9. The summed E-state index contributed by atoms with van der Waals surface area (Å²) < 4.78 is 1.12. The summed E-state index contributed by atoms with van der Waals surface area (Å²) in [6, 6.07) is 8.82. The van der Waals surface area contributed by atoms with Crippen molar-refractivity contribution in [1.29, 1.82) is 0 Å². The van der Waals surface area contributed by atoms with Gasteiger partial charge in [0, 0.05) is 23.6 Å². The molecule has 4 heteroatoms. The lowest BCUT2D eigenvalue weighted by Gasteiger charge is -2.23. The second-order valence-electron chi connectivity index (χ2n) is 3.63. The van der Waals surface area contributed by atoms with Gasteiger partial charge < -0.3 is 5.73 Å². The average molecular weight is 294 g/mol. The first-order chi connectivity index (χ1) is 6.63. The molecule has 0 bridgehead atoms. The van der Waals surface area contributed by atoms with Crippen molar-refractivity contribution in [2.24, 2.45) is 5.73 Å². The number of rotatable bonds is 4. The molecule has 0 aromatic heterocycles. The molecule has 0 amide bonds. The van der Waals surface area contributed by atoms with Crippen molar-refractivity contribution in [3.63, 3.8) is 0 Å². The number of nitrogens with two attached hydrogens (primary N) is 1. The van der Waals surface area contributed by atoms with Crippen molar-refractivity contribution in [3.05, 3.63) is 34.3 Å². The first-order valence-corrected chi connectivity index (χ1v) is 5.57. The number of benzene rings is 1. The summed E-state index contributed by atoms with van der Waals surface area (Å²) in [4.78, 5) is 2.25. The molecule has 0 aliphatic carbocycles. The van der Waals surface area contributed by atoms with Crippen molar-refractivity contribution in [3.8, 4) is 0 Å². The van der Waals surface area contributed by atoms with Crippen LogP contribution in [0, 0.1) is 0 Å². The zero-order valence-electron chi connectivity index (χ0n) is 9.11.